The summed E-state index contributed by atoms with van der Waals surface area (Å²) in [6.45, 7) is 1.91. The maximum atomic E-state index is 12.3. The number of fused-ring (bicyclic) bond motifs is 1. The molecule has 0 spiro atoms. The van der Waals surface area contributed by atoms with Gasteiger partial charge in [-0.2, -0.15) is 0 Å². The first-order valence-corrected chi connectivity index (χ1v) is 9.50. The van der Waals surface area contributed by atoms with Crippen LogP contribution >= 0.6 is 12.4 Å². The van der Waals surface area contributed by atoms with Crippen LogP contribution in [0.3, 0.4) is 0 Å². The summed E-state index contributed by atoms with van der Waals surface area (Å²) >= 11 is 0. The summed E-state index contributed by atoms with van der Waals surface area (Å²) in [5.41, 5.74) is 1.13. The van der Waals surface area contributed by atoms with Gasteiger partial charge in [-0.1, -0.05) is 25.0 Å². The Morgan fingerprint density at radius 2 is 2.00 bits per heavy atom. The van der Waals surface area contributed by atoms with E-state index in [1.807, 2.05) is 24.3 Å². The lowest BCUT2D eigenvalue weighted by molar-refractivity contribution is -0.122. The summed E-state index contributed by atoms with van der Waals surface area (Å²) in [6.07, 6.45) is 6.97. The minimum absolute atomic E-state index is 0. The lowest BCUT2D eigenvalue weighted by atomic mass is 9.85. The quantitative estimate of drug-likeness (QED) is 0.678. The fourth-order valence-electron chi connectivity index (χ4n) is 3.94. The average Bonchev–Trinajstić information content (AvgIpc) is 3.09. The van der Waals surface area contributed by atoms with Gasteiger partial charge in [0.15, 0.2) is 0 Å². The first kappa shape index (κ1) is 21.0. The molecule has 2 aliphatic rings. The van der Waals surface area contributed by atoms with Crippen molar-refractivity contribution < 1.29 is 14.3 Å². The van der Waals surface area contributed by atoms with Crippen LogP contribution in [0.4, 0.5) is 0 Å². The Kier molecular flexibility index (Phi) is 8.69. The standard InChI is InChI=1S/C20H30N2O3.ClH/c1-24-17-9-7-15(8-10-17)14-25-12-4-11-21-20(23)19-13-16-5-2-3-6-18(16)22-19;/h7-10,16,18-19,22H,2-6,11-14H2,1H3,(H,21,23);1H. The number of amides is 1. The van der Waals surface area contributed by atoms with E-state index in [9.17, 15) is 4.79 Å². The van der Waals surface area contributed by atoms with E-state index in [0.717, 1.165) is 24.2 Å². The van der Waals surface area contributed by atoms with Gasteiger partial charge in [-0.25, -0.2) is 0 Å². The van der Waals surface area contributed by atoms with Crippen LogP contribution in [0.1, 0.15) is 44.1 Å². The normalized spacial score (nSPS) is 24.4. The molecular formula is C20H31ClN2O3. The molecule has 1 amide bonds. The third-order valence-corrected chi connectivity index (χ3v) is 5.37. The second-order valence-corrected chi connectivity index (χ2v) is 7.15. The zero-order chi connectivity index (χ0) is 17.5. The molecule has 6 heteroatoms. The molecule has 5 nitrogen and oxygen atoms in total. The van der Waals surface area contributed by atoms with Gasteiger partial charge in [-0.05, 0) is 49.3 Å². The van der Waals surface area contributed by atoms with E-state index >= 15 is 0 Å². The molecule has 26 heavy (non-hydrogen) atoms. The molecule has 1 aromatic carbocycles. The lowest BCUT2D eigenvalue weighted by Crippen LogP contribution is -2.43. The fraction of sp³-hybridized carbons (Fsp3) is 0.650. The molecule has 3 rings (SSSR count). The summed E-state index contributed by atoms with van der Waals surface area (Å²) < 4.78 is 10.8. The van der Waals surface area contributed by atoms with E-state index in [1.165, 1.54) is 25.7 Å². The maximum Gasteiger partial charge on any atom is 0.237 e. The van der Waals surface area contributed by atoms with Crippen molar-refractivity contribution in [2.24, 2.45) is 5.92 Å². The molecule has 0 aromatic heterocycles. The summed E-state index contributed by atoms with van der Waals surface area (Å²) in [4.78, 5) is 12.3. The molecule has 0 bridgehead atoms. The highest BCUT2D eigenvalue weighted by molar-refractivity contribution is 5.85. The zero-order valence-electron chi connectivity index (χ0n) is 15.5. The molecule has 1 heterocycles. The second kappa shape index (κ2) is 10.8. The van der Waals surface area contributed by atoms with E-state index in [1.54, 1.807) is 7.11 Å². The van der Waals surface area contributed by atoms with Crippen LogP contribution < -0.4 is 15.4 Å². The third-order valence-electron chi connectivity index (χ3n) is 5.37. The molecule has 146 valence electrons. The van der Waals surface area contributed by atoms with Gasteiger partial charge in [0.1, 0.15) is 5.75 Å². The van der Waals surface area contributed by atoms with Gasteiger partial charge in [-0.3, -0.25) is 4.79 Å². The Balaban J connectivity index is 0.00000243. The van der Waals surface area contributed by atoms with E-state index in [2.05, 4.69) is 10.6 Å². The Hall–Kier alpha value is -1.30. The van der Waals surface area contributed by atoms with E-state index in [4.69, 9.17) is 9.47 Å². The van der Waals surface area contributed by atoms with Crippen molar-refractivity contribution in [2.75, 3.05) is 20.3 Å². The first-order chi connectivity index (χ1) is 12.3. The minimum Gasteiger partial charge on any atom is -0.497 e. The molecule has 1 saturated heterocycles. The van der Waals surface area contributed by atoms with Crippen molar-refractivity contribution in [3.8, 4) is 5.75 Å². The third kappa shape index (κ3) is 5.86. The van der Waals surface area contributed by atoms with Crippen molar-refractivity contribution in [3.05, 3.63) is 29.8 Å². The monoisotopic (exact) mass is 382 g/mol. The van der Waals surface area contributed by atoms with Crippen molar-refractivity contribution in [1.82, 2.24) is 10.6 Å². The Morgan fingerprint density at radius 1 is 1.23 bits per heavy atom. The molecule has 1 aliphatic heterocycles. The van der Waals surface area contributed by atoms with Gasteiger partial charge >= 0.3 is 0 Å². The SMILES string of the molecule is COc1ccc(COCCCNC(=O)C2CC3CCCCC3N2)cc1.Cl. The summed E-state index contributed by atoms with van der Waals surface area (Å²) in [5.74, 6) is 1.72. The van der Waals surface area contributed by atoms with Crippen LogP contribution in [0.25, 0.3) is 0 Å². The number of carbonyl (C=O) groups is 1. The summed E-state index contributed by atoms with van der Waals surface area (Å²) in [6, 6.07) is 8.46. The van der Waals surface area contributed by atoms with E-state index < -0.39 is 0 Å². The number of halogens is 1. The Labute approximate surface area is 162 Å². The van der Waals surface area contributed by atoms with Crippen molar-refractivity contribution >= 4 is 18.3 Å². The van der Waals surface area contributed by atoms with Gasteiger partial charge in [0, 0.05) is 19.2 Å². The van der Waals surface area contributed by atoms with Crippen LogP contribution in [0.2, 0.25) is 0 Å². The predicted octanol–water partition coefficient (Wildman–Crippen LogP) is 3.06. The first-order valence-electron chi connectivity index (χ1n) is 9.50. The lowest BCUT2D eigenvalue weighted by Gasteiger charge is -2.24. The molecule has 1 aromatic rings. The van der Waals surface area contributed by atoms with Crippen LogP contribution in [-0.2, 0) is 16.1 Å². The topological polar surface area (TPSA) is 59.6 Å². The second-order valence-electron chi connectivity index (χ2n) is 7.15. The number of methoxy groups -OCH3 is 1. The van der Waals surface area contributed by atoms with E-state index in [-0.39, 0.29) is 24.4 Å². The molecule has 0 radical (unpaired) electrons. The highest BCUT2D eigenvalue weighted by Crippen LogP contribution is 2.33. The summed E-state index contributed by atoms with van der Waals surface area (Å²) in [5, 5.41) is 6.57. The zero-order valence-corrected chi connectivity index (χ0v) is 16.4. The van der Waals surface area contributed by atoms with Crippen molar-refractivity contribution in [1.29, 1.82) is 0 Å². The van der Waals surface area contributed by atoms with E-state index in [0.29, 0.717) is 31.7 Å². The van der Waals surface area contributed by atoms with Crippen molar-refractivity contribution in [3.63, 3.8) is 0 Å². The minimum atomic E-state index is 0. The Bertz CT molecular complexity index is 538. The highest BCUT2D eigenvalue weighted by atomic mass is 35.5. The van der Waals surface area contributed by atoms with Crippen LogP contribution in [0.15, 0.2) is 24.3 Å². The van der Waals surface area contributed by atoms with Crippen LogP contribution in [0.5, 0.6) is 5.75 Å². The number of rotatable bonds is 8. The molecule has 1 saturated carbocycles. The molecule has 3 unspecified atom stereocenters. The number of carbonyl (C=O) groups excluding carboxylic acids is 1. The number of nitrogens with one attached hydrogen (secondary N) is 2. The van der Waals surface area contributed by atoms with Gasteiger partial charge in [-0.15, -0.1) is 12.4 Å². The van der Waals surface area contributed by atoms with Crippen molar-refractivity contribution in [2.45, 2.75) is 57.2 Å². The van der Waals surface area contributed by atoms with Crippen LogP contribution in [-0.4, -0.2) is 38.3 Å². The number of ether oxygens (including phenoxy) is 2. The largest absolute Gasteiger partial charge is 0.497 e. The van der Waals surface area contributed by atoms with Gasteiger partial charge in [0.05, 0.1) is 19.8 Å². The van der Waals surface area contributed by atoms with Gasteiger partial charge in [0.25, 0.3) is 0 Å². The average molecular weight is 383 g/mol. The molecular weight excluding hydrogens is 352 g/mol. The molecule has 1 aliphatic carbocycles. The van der Waals surface area contributed by atoms with Gasteiger partial charge < -0.3 is 20.1 Å². The maximum absolute atomic E-state index is 12.3. The highest BCUT2D eigenvalue weighted by Gasteiger charge is 2.37. The number of hydrogen-bond acceptors (Lipinski definition) is 4. The fourth-order valence-corrected chi connectivity index (χ4v) is 3.94. The number of benzene rings is 1. The molecule has 2 fully saturated rings. The Morgan fingerprint density at radius 3 is 2.73 bits per heavy atom. The smallest absolute Gasteiger partial charge is 0.237 e. The van der Waals surface area contributed by atoms with Crippen LogP contribution in [0, 0.1) is 5.92 Å². The van der Waals surface area contributed by atoms with Gasteiger partial charge in [0.2, 0.25) is 5.91 Å². The molecule has 2 N–H and O–H groups in total. The predicted molar refractivity (Wildman–Crippen MR) is 105 cm³/mol. The number of hydrogen-bond donors (Lipinski definition) is 2. The summed E-state index contributed by atoms with van der Waals surface area (Å²) in [7, 11) is 1.66. The molecule has 3 atom stereocenters.